The first-order valence-electron chi connectivity index (χ1n) is 10.4. The third kappa shape index (κ3) is 4.60. The molecule has 0 unspecified atom stereocenters. The summed E-state index contributed by atoms with van der Waals surface area (Å²) < 4.78 is 28.2. The highest BCUT2D eigenvalue weighted by atomic mass is 32.2. The minimum absolute atomic E-state index is 0.0718. The van der Waals surface area contributed by atoms with Crippen LogP contribution in [-0.2, 0) is 15.4 Å². The van der Waals surface area contributed by atoms with Crippen molar-refractivity contribution in [1.82, 2.24) is 14.2 Å². The first-order valence-corrected chi connectivity index (χ1v) is 11.9. The molecule has 8 heteroatoms. The number of benzene rings is 1. The fourth-order valence-corrected chi connectivity index (χ4v) is 5.80. The van der Waals surface area contributed by atoms with Crippen molar-refractivity contribution in [3.05, 3.63) is 62.6 Å². The number of aromatic amines is 1. The van der Waals surface area contributed by atoms with Crippen LogP contribution >= 0.6 is 0 Å². The van der Waals surface area contributed by atoms with Gasteiger partial charge in [-0.05, 0) is 55.0 Å². The molecule has 0 atom stereocenters. The van der Waals surface area contributed by atoms with Gasteiger partial charge >= 0.3 is 0 Å². The number of rotatable bonds is 3. The number of nitrogens with one attached hydrogen (secondary N) is 1. The van der Waals surface area contributed by atoms with Crippen molar-refractivity contribution in [2.24, 2.45) is 0 Å². The molecule has 0 bridgehead atoms. The van der Waals surface area contributed by atoms with Crippen LogP contribution in [0.3, 0.4) is 0 Å². The number of sulfonamides is 1. The summed E-state index contributed by atoms with van der Waals surface area (Å²) in [5, 5.41) is 0. The molecule has 1 aliphatic heterocycles. The smallest absolute Gasteiger partial charge is 0.260 e. The first kappa shape index (κ1) is 23.2. The summed E-state index contributed by atoms with van der Waals surface area (Å²) in [4.78, 5) is 29.3. The summed E-state index contributed by atoms with van der Waals surface area (Å²) in [6.45, 7) is 12.6. The van der Waals surface area contributed by atoms with E-state index in [4.69, 9.17) is 0 Å². The molecule has 0 radical (unpaired) electrons. The Balaban J connectivity index is 1.80. The maximum absolute atomic E-state index is 13.4. The predicted octanol–water partition coefficient (Wildman–Crippen LogP) is 2.74. The molecular formula is C23H31N3O4S. The maximum atomic E-state index is 13.4. The van der Waals surface area contributed by atoms with E-state index in [9.17, 15) is 18.0 Å². The third-order valence-corrected chi connectivity index (χ3v) is 7.94. The van der Waals surface area contributed by atoms with Gasteiger partial charge in [0, 0.05) is 31.9 Å². The average Bonchev–Trinajstić information content (AvgIpc) is 2.66. The molecule has 1 aliphatic rings. The van der Waals surface area contributed by atoms with Crippen molar-refractivity contribution in [3.8, 4) is 0 Å². The molecule has 3 rings (SSSR count). The Kier molecular flexibility index (Phi) is 6.17. The standard InChI is InChI=1S/C23H31N3O4S/c1-15-13-18(23(4,5)6)14-16(2)20(15)31(29,30)26-11-9-25(10-12-26)22(28)19-8-7-17(3)24-21(19)27/h7-8,13-14H,9-12H2,1-6H3,(H,24,27). The van der Waals surface area contributed by atoms with Crippen LogP contribution in [0.1, 0.15) is 53.5 Å². The van der Waals surface area contributed by atoms with Crippen LogP contribution in [-0.4, -0.2) is 54.7 Å². The van der Waals surface area contributed by atoms with Gasteiger partial charge in [0.15, 0.2) is 0 Å². The number of hydrogen-bond donors (Lipinski definition) is 1. The van der Waals surface area contributed by atoms with E-state index in [0.717, 1.165) is 16.7 Å². The Morgan fingerprint density at radius 2 is 1.52 bits per heavy atom. The van der Waals surface area contributed by atoms with Gasteiger partial charge in [-0.25, -0.2) is 8.42 Å². The quantitative estimate of drug-likeness (QED) is 0.787. The molecule has 1 aromatic carbocycles. The zero-order valence-corrected chi connectivity index (χ0v) is 19.9. The Bertz CT molecular complexity index is 1150. The fourth-order valence-electron chi connectivity index (χ4n) is 3.96. The van der Waals surface area contributed by atoms with E-state index in [0.29, 0.717) is 10.6 Å². The summed E-state index contributed by atoms with van der Waals surface area (Å²) in [7, 11) is -3.69. The second-order valence-electron chi connectivity index (χ2n) is 9.27. The van der Waals surface area contributed by atoms with Crippen LogP contribution in [0.5, 0.6) is 0 Å². The van der Waals surface area contributed by atoms with Crippen LogP contribution in [0, 0.1) is 20.8 Å². The highest BCUT2D eigenvalue weighted by Crippen LogP contribution is 2.31. The fraction of sp³-hybridized carbons (Fsp3) is 0.478. The lowest BCUT2D eigenvalue weighted by molar-refractivity contribution is 0.0696. The molecule has 1 aromatic heterocycles. The monoisotopic (exact) mass is 445 g/mol. The lowest BCUT2D eigenvalue weighted by Gasteiger charge is -2.34. The Morgan fingerprint density at radius 3 is 2.00 bits per heavy atom. The number of nitrogens with zero attached hydrogens (tertiary/aromatic N) is 2. The van der Waals surface area contributed by atoms with Gasteiger partial charge in [-0.1, -0.05) is 32.9 Å². The van der Waals surface area contributed by atoms with E-state index in [-0.39, 0.29) is 43.1 Å². The third-order valence-electron chi connectivity index (χ3n) is 5.74. The molecule has 1 fully saturated rings. The largest absolute Gasteiger partial charge is 0.336 e. The van der Waals surface area contributed by atoms with Gasteiger partial charge in [-0.3, -0.25) is 9.59 Å². The van der Waals surface area contributed by atoms with Gasteiger partial charge < -0.3 is 9.88 Å². The molecule has 1 saturated heterocycles. The second-order valence-corrected chi connectivity index (χ2v) is 11.1. The van der Waals surface area contributed by atoms with E-state index in [1.54, 1.807) is 13.0 Å². The van der Waals surface area contributed by atoms with Crippen LogP contribution in [0.25, 0.3) is 0 Å². The molecule has 1 amide bonds. The van der Waals surface area contributed by atoms with Gasteiger partial charge in [-0.2, -0.15) is 4.31 Å². The van der Waals surface area contributed by atoms with Gasteiger partial charge in [-0.15, -0.1) is 0 Å². The number of hydrogen-bond acceptors (Lipinski definition) is 4. The summed E-state index contributed by atoms with van der Waals surface area (Å²) in [6, 6.07) is 7.10. The summed E-state index contributed by atoms with van der Waals surface area (Å²) in [5.74, 6) is -0.375. The van der Waals surface area contributed by atoms with E-state index >= 15 is 0 Å². The molecule has 2 aromatic rings. The van der Waals surface area contributed by atoms with Gasteiger partial charge in [0.25, 0.3) is 11.5 Å². The average molecular weight is 446 g/mol. The van der Waals surface area contributed by atoms with Crippen molar-refractivity contribution >= 4 is 15.9 Å². The van der Waals surface area contributed by atoms with Crippen molar-refractivity contribution in [2.75, 3.05) is 26.2 Å². The topological polar surface area (TPSA) is 90.6 Å². The molecule has 168 valence electrons. The molecule has 0 saturated carbocycles. The molecule has 7 nitrogen and oxygen atoms in total. The molecule has 1 N–H and O–H groups in total. The lowest BCUT2D eigenvalue weighted by Crippen LogP contribution is -2.51. The van der Waals surface area contributed by atoms with Crippen molar-refractivity contribution < 1.29 is 13.2 Å². The Hall–Kier alpha value is -2.45. The number of aromatic nitrogens is 1. The van der Waals surface area contributed by atoms with Crippen LogP contribution < -0.4 is 5.56 Å². The number of piperazine rings is 1. The number of H-pyrrole nitrogens is 1. The van der Waals surface area contributed by atoms with E-state index in [2.05, 4.69) is 25.8 Å². The van der Waals surface area contributed by atoms with Gasteiger partial charge in [0.1, 0.15) is 5.56 Å². The Morgan fingerprint density at radius 1 is 0.968 bits per heavy atom. The van der Waals surface area contributed by atoms with Crippen molar-refractivity contribution in [3.63, 3.8) is 0 Å². The maximum Gasteiger partial charge on any atom is 0.260 e. The molecule has 0 spiro atoms. The predicted molar refractivity (Wildman–Crippen MR) is 121 cm³/mol. The van der Waals surface area contributed by atoms with E-state index in [1.165, 1.54) is 15.3 Å². The van der Waals surface area contributed by atoms with Crippen LogP contribution in [0.2, 0.25) is 0 Å². The van der Waals surface area contributed by atoms with Crippen LogP contribution in [0.4, 0.5) is 0 Å². The highest BCUT2D eigenvalue weighted by Gasteiger charge is 2.33. The molecule has 31 heavy (non-hydrogen) atoms. The Labute approximate surface area is 184 Å². The highest BCUT2D eigenvalue weighted by molar-refractivity contribution is 7.89. The minimum Gasteiger partial charge on any atom is -0.336 e. The van der Waals surface area contributed by atoms with E-state index < -0.39 is 15.6 Å². The number of aryl methyl sites for hydroxylation is 3. The number of carbonyl (C=O) groups excluding carboxylic acids is 1. The number of pyridine rings is 1. The molecular weight excluding hydrogens is 414 g/mol. The minimum atomic E-state index is -3.69. The SMILES string of the molecule is Cc1ccc(C(=O)N2CCN(S(=O)(=O)c3c(C)cc(C(C)(C)C)cc3C)CC2)c(=O)[nH]1. The number of carbonyl (C=O) groups is 1. The zero-order valence-electron chi connectivity index (χ0n) is 19.1. The zero-order chi connectivity index (χ0) is 23.1. The number of amides is 1. The lowest BCUT2D eigenvalue weighted by atomic mass is 9.85. The van der Waals surface area contributed by atoms with Crippen molar-refractivity contribution in [2.45, 2.75) is 51.9 Å². The van der Waals surface area contributed by atoms with E-state index in [1.807, 2.05) is 26.0 Å². The summed E-state index contributed by atoms with van der Waals surface area (Å²) >= 11 is 0. The van der Waals surface area contributed by atoms with Gasteiger partial charge in [0.2, 0.25) is 10.0 Å². The summed E-state index contributed by atoms with van der Waals surface area (Å²) in [5.41, 5.74) is 2.82. The van der Waals surface area contributed by atoms with Crippen LogP contribution in [0.15, 0.2) is 34.0 Å². The first-order chi connectivity index (χ1) is 14.3. The van der Waals surface area contributed by atoms with Gasteiger partial charge in [0.05, 0.1) is 4.90 Å². The summed E-state index contributed by atoms with van der Waals surface area (Å²) in [6.07, 6.45) is 0. The normalized spacial score (nSPS) is 15.9. The van der Waals surface area contributed by atoms with Crippen molar-refractivity contribution in [1.29, 1.82) is 0 Å². The molecule has 2 heterocycles. The second kappa shape index (κ2) is 8.24. The molecule has 0 aliphatic carbocycles.